The lowest BCUT2D eigenvalue weighted by molar-refractivity contribution is -0.121. The third-order valence-corrected chi connectivity index (χ3v) is 5.65. The summed E-state index contributed by atoms with van der Waals surface area (Å²) < 4.78 is 0. The van der Waals surface area contributed by atoms with Gasteiger partial charge in [0.1, 0.15) is 5.82 Å². The molecule has 0 aliphatic carbocycles. The molecule has 0 spiro atoms. The fraction of sp³-hybridized carbons (Fsp3) is 0.280. The van der Waals surface area contributed by atoms with E-state index in [1.54, 1.807) is 0 Å². The van der Waals surface area contributed by atoms with Crippen LogP contribution < -0.4 is 10.2 Å². The van der Waals surface area contributed by atoms with E-state index >= 15 is 0 Å². The molecule has 1 N–H and O–H groups in total. The van der Waals surface area contributed by atoms with Crippen molar-refractivity contribution in [3.8, 4) is 0 Å². The van der Waals surface area contributed by atoms with Crippen LogP contribution in [0.1, 0.15) is 36.3 Å². The minimum absolute atomic E-state index is 0.0628. The number of carbonyl (C=O) groups is 1. The minimum atomic E-state index is 0.0628. The molecule has 148 valence electrons. The van der Waals surface area contributed by atoms with Gasteiger partial charge >= 0.3 is 0 Å². The van der Waals surface area contributed by atoms with Crippen molar-refractivity contribution in [2.24, 2.45) is 0 Å². The van der Waals surface area contributed by atoms with Crippen LogP contribution in [0.25, 0.3) is 0 Å². The fourth-order valence-electron chi connectivity index (χ4n) is 4.16. The third-order valence-electron chi connectivity index (χ3n) is 5.65. The van der Waals surface area contributed by atoms with E-state index in [1.807, 2.05) is 60.8 Å². The number of aromatic nitrogens is 1. The number of nitrogens with one attached hydrogen (secondary N) is 1. The van der Waals surface area contributed by atoms with E-state index in [9.17, 15) is 4.79 Å². The molecule has 0 bridgehead atoms. The standard InChI is InChI=1S/C25H27N3O/c29-25(27-19-22-14-9-17-28(22)24-15-7-8-16-26-24)18-23(20-10-3-1-4-11-20)21-12-5-2-6-13-21/h1-8,10-13,15-16,22-23H,9,14,17-19H2,(H,27,29). The van der Waals surface area contributed by atoms with Gasteiger partial charge in [0, 0.05) is 37.7 Å². The molecule has 0 saturated carbocycles. The second-order valence-corrected chi connectivity index (χ2v) is 7.56. The van der Waals surface area contributed by atoms with Crippen molar-refractivity contribution in [3.63, 3.8) is 0 Å². The summed E-state index contributed by atoms with van der Waals surface area (Å²) in [6.45, 7) is 1.65. The van der Waals surface area contributed by atoms with E-state index < -0.39 is 0 Å². The lowest BCUT2D eigenvalue weighted by Crippen LogP contribution is -2.40. The first kappa shape index (κ1) is 19.2. The van der Waals surface area contributed by atoms with Gasteiger partial charge in [-0.3, -0.25) is 4.79 Å². The van der Waals surface area contributed by atoms with Crippen LogP contribution in [-0.4, -0.2) is 30.0 Å². The second kappa shape index (κ2) is 9.37. The van der Waals surface area contributed by atoms with Crippen molar-refractivity contribution >= 4 is 11.7 Å². The van der Waals surface area contributed by atoms with Crippen molar-refractivity contribution in [2.75, 3.05) is 18.0 Å². The molecule has 2 heterocycles. The zero-order chi connectivity index (χ0) is 19.9. The van der Waals surface area contributed by atoms with Gasteiger partial charge in [-0.2, -0.15) is 0 Å². The molecule has 2 aromatic carbocycles. The Labute approximate surface area is 172 Å². The Morgan fingerprint density at radius 2 is 1.62 bits per heavy atom. The molecular formula is C25H27N3O. The van der Waals surface area contributed by atoms with Crippen molar-refractivity contribution in [2.45, 2.75) is 31.2 Å². The SMILES string of the molecule is O=C(CC(c1ccccc1)c1ccccc1)NCC1CCCN1c1ccccn1. The molecule has 1 aromatic heterocycles. The van der Waals surface area contributed by atoms with Gasteiger partial charge in [-0.15, -0.1) is 0 Å². The first-order valence-corrected chi connectivity index (χ1v) is 10.4. The smallest absolute Gasteiger partial charge is 0.221 e. The van der Waals surface area contributed by atoms with Crippen molar-refractivity contribution in [1.29, 1.82) is 0 Å². The highest BCUT2D eigenvalue weighted by Crippen LogP contribution is 2.28. The van der Waals surface area contributed by atoms with Crippen LogP contribution in [0.5, 0.6) is 0 Å². The normalized spacial score (nSPS) is 16.2. The van der Waals surface area contributed by atoms with Gasteiger partial charge in [-0.05, 0) is 36.1 Å². The molecule has 1 aliphatic rings. The summed E-state index contributed by atoms with van der Waals surface area (Å²) in [5.74, 6) is 1.15. The highest BCUT2D eigenvalue weighted by atomic mass is 16.1. The van der Waals surface area contributed by atoms with Crippen LogP contribution >= 0.6 is 0 Å². The molecular weight excluding hydrogens is 358 g/mol. The largest absolute Gasteiger partial charge is 0.354 e. The number of anilines is 1. The maximum atomic E-state index is 12.9. The number of amides is 1. The van der Waals surface area contributed by atoms with Crippen LogP contribution in [-0.2, 0) is 4.79 Å². The lowest BCUT2D eigenvalue weighted by atomic mass is 9.88. The summed E-state index contributed by atoms with van der Waals surface area (Å²) in [6.07, 6.45) is 4.49. The number of hydrogen-bond acceptors (Lipinski definition) is 3. The van der Waals surface area contributed by atoms with E-state index in [2.05, 4.69) is 39.5 Å². The number of carbonyl (C=O) groups excluding carboxylic acids is 1. The monoisotopic (exact) mass is 385 g/mol. The molecule has 29 heavy (non-hydrogen) atoms. The van der Waals surface area contributed by atoms with E-state index in [0.717, 1.165) is 25.2 Å². The molecule has 1 amide bonds. The van der Waals surface area contributed by atoms with Gasteiger partial charge < -0.3 is 10.2 Å². The van der Waals surface area contributed by atoms with Crippen molar-refractivity contribution in [1.82, 2.24) is 10.3 Å². The molecule has 4 nitrogen and oxygen atoms in total. The number of hydrogen-bond donors (Lipinski definition) is 1. The Balaban J connectivity index is 1.41. The number of rotatable bonds is 7. The Kier molecular flexibility index (Phi) is 6.20. The zero-order valence-corrected chi connectivity index (χ0v) is 16.6. The molecule has 1 atom stereocenters. The van der Waals surface area contributed by atoms with Gasteiger partial charge in [0.2, 0.25) is 5.91 Å². The average molecular weight is 386 g/mol. The van der Waals surface area contributed by atoms with E-state index in [0.29, 0.717) is 19.0 Å². The van der Waals surface area contributed by atoms with Crippen molar-refractivity contribution < 1.29 is 4.79 Å². The zero-order valence-electron chi connectivity index (χ0n) is 16.6. The van der Waals surface area contributed by atoms with E-state index in [-0.39, 0.29) is 11.8 Å². The molecule has 1 fully saturated rings. The quantitative estimate of drug-likeness (QED) is 0.656. The Hall–Kier alpha value is -3.14. The van der Waals surface area contributed by atoms with E-state index in [4.69, 9.17) is 0 Å². The minimum Gasteiger partial charge on any atom is -0.354 e. The van der Waals surface area contributed by atoms with Crippen LogP contribution in [0.3, 0.4) is 0 Å². The van der Waals surface area contributed by atoms with E-state index in [1.165, 1.54) is 11.1 Å². The topological polar surface area (TPSA) is 45.2 Å². The molecule has 1 unspecified atom stereocenters. The number of pyridine rings is 1. The maximum absolute atomic E-state index is 12.9. The third kappa shape index (κ3) is 4.83. The van der Waals surface area contributed by atoms with Gasteiger partial charge in [0.05, 0.1) is 0 Å². The predicted molar refractivity (Wildman–Crippen MR) is 117 cm³/mol. The van der Waals surface area contributed by atoms with Crippen LogP contribution in [0.15, 0.2) is 85.1 Å². The molecule has 1 aliphatic heterocycles. The molecule has 4 rings (SSSR count). The molecule has 0 radical (unpaired) electrons. The summed E-state index contributed by atoms with van der Waals surface area (Å²) in [5, 5.41) is 3.19. The van der Waals surface area contributed by atoms with Gasteiger partial charge in [-0.1, -0.05) is 66.7 Å². The Bertz CT molecular complexity index is 860. The number of nitrogens with zero attached hydrogens (tertiary/aromatic N) is 2. The maximum Gasteiger partial charge on any atom is 0.221 e. The molecule has 3 aromatic rings. The average Bonchev–Trinajstić information content (AvgIpc) is 3.26. The second-order valence-electron chi connectivity index (χ2n) is 7.56. The van der Waals surface area contributed by atoms with Gasteiger partial charge in [0.15, 0.2) is 0 Å². The summed E-state index contributed by atoms with van der Waals surface area (Å²) >= 11 is 0. The van der Waals surface area contributed by atoms with Crippen LogP contribution in [0, 0.1) is 0 Å². The van der Waals surface area contributed by atoms with Gasteiger partial charge in [0.25, 0.3) is 0 Å². The van der Waals surface area contributed by atoms with Gasteiger partial charge in [-0.25, -0.2) is 4.98 Å². The Morgan fingerprint density at radius 1 is 0.966 bits per heavy atom. The first-order valence-electron chi connectivity index (χ1n) is 10.4. The van der Waals surface area contributed by atoms with Crippen LogP contribution in [0.4, 0.5) is 5.82 Å². The van der Waals surface area contributed by atoms with Crippen LogP contribution in [0.2, 0.25) is 0 Å². The summed E-state index contributed by atoms with van der Waals surface area (Å²) in [7, 11) is 0. The highest BCUT2D eigenvalue weighted by molar-refractivity contribution is 5.77. The molecule has 4 heteroatoms. The number of benzene rings is 2. The fourth-order valence-corrected chi connectivity index (χ4v) is 4.16. The highest BCUT2D eigenvalue weighted by Gasteiger charge is 2.26. The first-order chi connectivity index (χ1) is 14.3. The van der Waals surface area contributed by atoms with Crippen molar-refractivity contribution in [3.05, 3.63) is 96.2 Å². The summed E-state index contributed by atoms with van der Waals surface area (Å²) in [5.41, 5.74) is 2.34. The lowest BCUT2D eigenvalue weighted by Gasteiger charge is -2.26. The Morgan fingerprint density at radius 3 is 2.24 bits per heavy atom. The summed E-state index contributed by atoms with van der Waals surface area (Å²) in [6, 6.07) is 26.9. The molecule has 1 saturated heterocycles. The summed E-state index contributed by atoms with van der Waals surface area (Å²) in [4.78, 5) is 19.6. The predicted octanol–water partition coefficient (Wildman–Crippen LogP) is 4.39.